The summed E-state index contributed by atoms with van der Waals surface area (Å²) in [6, 6.07) is 16.0. The minimum absolute atomic E-state index is 0.0388. The smallest absolute Gasteiger partial charge is 0.244 e. The highest BCUT2D eigenvalue weighted by Crippen LogP contribution is 2.22. The lowest BCUT2D eigenvalue weighted by Crippen LogP contribution is -2.43. The molecule has 4 rings (SSSR count). The Hall–Kier alpha value is -2.96. The second-order valence-corrected chi connectivity index (χ2v) is 6.98. The van der Waals surface area contributed by atoms with Gasteiger partial charge in [-0.25, -0.2) is 4.39 Å². The Labute approximate surface area is 168 Å². The van der Waals surface area contributed by atoms with Crippen LogP contribution in [0.3, 0.4) is 0 Å². The molecule has 2 heterocycles. The lowest BCUT2D eigenvalue weighted by molar-refractivity contribution is -0.116. The van der Waals surface area contributed by atoms with E-state index in [-0.39, 0.29) is 17.8 Å². The van der Waals surface area contributed by atoms with E-state index < -0.39 is 0 Å². The summed E-state index contributed by atoms with van der Waals surface area (Å²) in [7, 11) is 0. The van der Waals surface area contributed by atoms with Gasteiger partial charge >= 0.3 is 0 Å². The maximum absolute atomic E-state index is 13.3. The molecule has 0 bridgehead atoms. The first-order valence-corrected chi connectivity index (χ1v) is 9.71. The molecule has 1 aromatic heterocycles. The van der Waals surface area contributed by atoms with Gasteiger partial charge in [-0.05, 0) is 35.9 Å². The first-order valence-electron chi connectivity index (χ1n) is 9.71. The van der Waals surface area contributed by atoms with Crippen LogP contribution in [-0.4, -0.2) is 43.7 Å². The van der Waals surface area contributed by atoms with Crippen molar-refractivity contribution in [2.75, 3.05) is 32.8 Å². The van der Waals surface area contributed by atoms with Gasteiger partial charge in [0.25, 0.3) is 0 Å². The zero-order valence-corrected chi connectivity index (χ0v) is 16.0. The molecule has 1 amide bonds. The molecule has 1 saturated heterocycles. The third-order valence-corrected chi connectivity index (χ3v) is 5.05. The molecule has 1 unspecified atom stereocenters. The minimum Gasteiger partial charge on any atom is -0.457 e. The predicted molar refractivity (Wildman–Crippen MR) is 110 cm³/mol. The van der Waals surface area contributed by atoms with Crippen LogP contribution in [0.5, 0.6) is 0 Å². The number of hydrogen-bond donors (Lipinski definition) is 1. The van der Waals surface area contributed by atoms with Gasteiger partial charge in [0.05, 0.1) is 19.3 Å². The number of ether oxygens (including phenoxy) is 1. The van der Waals surface area contributed by atoms with Crippen LogP contribution >= 0.6 is 0 Å². The average Bonchev–Trinajstić information content (AvgIpc) is 3.17. The Morgan fingerprint density at radius 1 is 1.14 bits per heavy atom. The van der Waals surface area contributed by atoms with Crippen LogP contribution in [-0.2, 0) is 9.53 Å². The summed E-state index contributed by atoms with van der Waals surface area (Å²) in [5, 5.41) is 3.95. The minimum atomic E-state index is -0.271. The van der Waals surface area contributed by atoms with E-state index in [1.807, 2.05) is 30.3 Å². The van der Waals surface area contributed by atoms with Crippen LogP contribution < -0.4 is 5.32 Å². The molecule has 0 spiro atoms. The Morgan fingerprint density at radius 2 is 1.90 bits per heavy atom. The number of nitrogens with one attached hydrogen (secondary N) is 1. The third-order valence-electron chi connectivity index (χ3n) is 5.05. The first-order chi connectivity index (χ1) is 14.2. The zero-order chi connectivity index (χ0) is 20.1. The molecule has 1 N–H and O–H groups in total. The highest BCUT2D eigenvalue weighted by molar-refractivity contribution is 5.92. The van der Waals surface area contributed by atoms with E-state index in [0.29, 0.717) is 25.5 Å². The summed E-state index contributed by atoms with van der Waals surface area (Å²) < 4.78 is 24.5. The summed E-state index contributed by atoms with van der Waals surface area (Å²) in [5.74, 6) is 0.155. The quantitative estimate of drug-likeness (QED) is 0.647. The lowest BCUT2D eigenvalue weighted by atomic mass is 10.0. The van der Waals surface area contributed by atoms with E-state index in [4.69, 9.17) is 9.15 Å². The van der Waals surface area contributed by atoms with Crippen LogP contribution in [0.2, 0.25) is 0 Å². The summed E-state index contributed by atoms with van der Waals surface area (Å²) in [6.45, 7) is 3.27. The second kappa shape index (κ2) is 9.03. The lowest BCUT2D eigenvalue weighted by Gasteiger charge is -2.34. The summed E-state index contributed by atoms with van der Waals surface area (Å²) in [5.41, 5.74) is 1.76. The maximum Gasteiger partial charge on any atom is 0.244 e. The molecule has 2 aromatic carbocycles. The molecule has 29 heavy (non-hydrogen) atoms. The van der Waals surface area contributed by atoms with Gasteiger partial charge < -0.3 is 14.5 Å². The van der Waals surface area contributed by atoms with Crippen molar-refractivity contribution in [1.29, 1.82) is 0 Å². The van der Waals surface area contributed by atoms with Crippen LogP contribution in [0.4, 0.5) is 4.39 Å². The fraction of sp³-hybridized carbons (Fsp3) is 0.261. The van der Waals surface area contributed by atoms with Crippen molar-refractivity contribution in [1.82, 2.24) is 10.2 Å². The Morgan fingerprint density at radius 3 is 2.66 bits per heavy atom. The third kappa shape index (κ3) is 4.91. The number of rotatable bonds is 6. The number of amides is 1. The topological polar surface area (TPSA) is 54.7 Å². The molecule has 3 aromatic rings. The van der Waals surface area contributed by atoms with Gasteiger partial charge in [-0.3, -0.25) is 9.69 Å². The van der Waals surface area contributed by atoms with Crippen LogP contribution in [0.15, 0.2) is 65.1 Å². The van der Waals surface area contributed by atoms with E-state index in [0.717, 1.165) is 29.6 Å². The maximum atomic E-state index is 13.3. The zero-order valence-electron chi connectivity index (χ0n) is 16.0. The van der Waals surface area contributed by atoms with E-state index in [1.165, 1.54) is 18.2 Å². The van der Waals surface area contributed by atoms with Crippen LogP contribution in [0.1, 0.15) is 17.4 Å². The molecule has 0 aliphatic carbocycles. The first kappa shape index (κ1) is 19.4. The standard InChI is InChI=1S/C23H23FN2O3/c24-19-7-5-17(6-8-19)21(26-11-13-28-14-12-26)16-25-23(27)10-9-20-15-18-3-1-2-4-22(18)29-20/h1-10,15,21H,11-14,16H2,(H,25,27)/b10-9+. The number of furan rings is 1. The van der Waals surface area contributed by atoms with E-state index >= 15 is 0 Å². The predicted octanol–water partition coefficient (Wildman–Crippen LogP) is 3.77. The molecular weight excluding hydrogens is 371 g/mol. The van der Waals surface area contributed by atoms with Crippen molar-refractivity contribution in [3.8, 4) is 0 Å². The number of nitrogens with zero attached hydrogens (tertiary/aromatic N) is 1. The number of para-hydroxylation sites is 1. The molecular formula is C23H23FN2O3. The molecule has 5 nitrogen and oxygen atoms in total. The van der Waals surface area contributed by atoms with Gasteiger partial charge in [0.2, 0.25) is 5.91 Å². The Kier molecular flexibility index (Phi) is 6.03. The average molecular weight is 394 g/mol. The summed E-state index contributed by atoms with van der Waals surface area (Å²) in [6.07, 6.45) is 3.13. The molecule has 1 fully saturated rings. The number of halogens is 1. The van der Waals surface area contributed by atoms with Crippen molar-refractivity contribution in [2.45, 2.75) is 6.04 Å². The molecule has 1 atom stereocenters. The Balaban J connectivity index is 1.41. The molecule has 1 aliphatic rings. The summed E-state index contributed by atoms with van der Waals surface area (Å²) >= 11 is 0. The van der Waals surface area contributed by atoms with Gasteiger partial charge in [0, 0.05) is 31.1 Å². The largest absolute Gasteiger partial charge is 0.457 e. The van der Waals surface area contributed by atoms with Crippen molar-refractivity contribution in [3.63, 3.8) is 0 Å². The SMILES string of the molecule is O=C(/C=C/c1cc2ccccc2o1)NCC(c1ccc(F)cc1)N1CCOCC1. The number of benzene rings is 2. The van der Waals surface area contributed by atoms with Crippen LogP contribution in [0.25, 0.3) is 17.0 Å². The number of hydrogen-bond acceptors (Lipinski definition) is 4. The van der Waals surface area contributed by atoms with E-state index in [2.05, 4.69) is 10.2 Å². The number of carbonyl (C=O) groups is 1. The van der Waals surface area contributed by atoms with Gasteiger partial charge in [-0.15, -0.1) is 0 Å². The highest BCUT2D eigenvalue weighted by Gasteiger charge is 2.23. The van der Waals surface area contributed by atoms with Gasteiger partial charge in [0.15, 0.2) is 0 Å². The number of fused-ring (bicyclic) bond motifs is 1. The summed E-state index contributed by atoms with van der Waals surface area (Å²) in [4.78, 5) is 14.6. The fourth-order valence-electron chi connectivity index (χ4n) is 3.53. The van der Waals surface area contributed by atoms with Crippen molar-refractivity contribution >= 4 is 23.0 Å². The molecule has 6 heteroatoms. The van der Waals surface area contributed by atoms with Gasteiger partial charge in [0.1, 0.15) is 17.2 Å². The van der Waals surface area contributed by atoms with Crippen molar-refractivity contribution in [2.24, 2.45) is 0 Å². The molecule has 0 radical (unpaired) electrons. The fourth-order valence-corrected chi connectivity index (χ4v) is 3.53. The monoisotopic (exact) mass is 394 g/mol. The van der Waals surface area contributed by atoms with Crippen LogP contribution in [0, 0.1) is 5.82 Å². The van der Waals surface area contributed by atoms with Crippen molar-refractivity contribution in [3.05, 3.63) is 77.8 Å². The normalized spacial score (nSPS) is 16.3. The number of carbonyl (C=O) groups excluding carboxylic acids is 1. The second-order valence-electron chi connectivity index (χ2n) is 6.98. The Bertz CT molecular complexity index is 958. The van der Waals surface area contributed by atoms with Gasteiger partial charge in [-0.1, -0.05) is 30.3 Å². The number of morpholine rings is 1. The van der Waals surface area contributed by atoms with Gasteiger partial charge in [-0.2, -0.15) is 0 Å². The molecule has 1 aliphatic heterocycles. The van der Waals surface area contributed by atoms with E-state index in [9.17, 15) is 9.18 Å². The van der Waals surface area contributed by atoms with E-state index in [1.54, 1.807) is 18.2 Å². The molecule has 0 saturated carbocycles. The molecule has 150 valence electrons. The van der Waals surface area contributed by atoms with Crippen molar-refractivity contribution < 1.29 is 18.3 Å². The highest BCUT2D eigenvalue weighted by atomic mass is 19.1.